The van der Waals surface area contributed by atoms with Gasteiger partial charge in [0.15, 0.2) is 0 Å². The van der Waals surface area contributed by atoms with Crippen LogP contribution in [-0.4, -0.2) is 52.9 Å². The molecule has 4 rings (SSSR count). The molecule has 4 aliphatic rings. The van der Waals surface area contributed by atoms with Crippen LogP contribution in [0.25, 0.3) is 0 Å². The standard InChI is InChI=1S/C32H55NO5/c1-21(2)7-6-8-22(3)26-11-12-27-25-10-9-23-17-24(38-29(37)33-32(18-34,19-35)20-36)13-15-30(23,4)28(25)14-16-31(26,27)5/h9,21-22,24-28,34-36H,6-8,10-20H2,1-5H3,(H,33,37). The number of fused-ring (bicyclic) bond motifs is 5. The van der Waals surface area contributed by atoms with Crippen LogP contribution >= 0.6 is 0 Å². The lowest BCUT2D eigenvalue weighted by atomic mass is 9.47. The van der Waals surface area contributed by atoms with Gasteiger partial charge in [-0.1, -0.05) is 65.5 Å². The lowest BCUT2D eigenvalue weighted by Gasteiger charge is -2.58. The van der Waals surface area contributed by atoms with Gasteiger partial charge in [-0.05, 0) is 91.3 Å². The Balaban J connectivity index is 1.40. The van der Waals surface area contributed by atoms with Gasteiger partial charge in [-0.25, -0.2) is 4.79 Å². The number of carbonyl (C=O) groups excluding carboxylic acids is 1. The normalized spacial score (nSPS) is 37.6. The van der Waals surface area contributed by atoms with Gasteiger partial charge in [-0.3, -0.25) is 0 Å². The zero-order valence-corrected chi connectivity index (χ0v) is 24.7. The minimum atomic E-state index is -1.46. The number of aliphatic hydroxyl groups is 3. The predicted molar refractivity (Wildman–Crippen MR) is 150 cm³/mol. The first-order chi connectivity index (χ1) is 18.0. The molecule has 0 aliphatic heterocycles. The van der Waals surface area contributed by atoms with E-state index in [-0.39, 0.29) is 11.5 Å². The monoisotopic (exact) mass is 533 g/mol. The third-order valence-electron chi connectivity index (χ3n) is 11.8. The van der Waals surface area contributed by atoms with Gasteiger partial charge in [-0.2, -0.15) is 0 Å². The maximum absolute atomic E-state index is 12.5. The first-order valence-corrected chi connectivity index (χ1v) is 15.5. The summed E-state index contributed by atoms with van der Waals surface area (Å²) in [7, 11) is 0. The zero-order valence-electron chi connectivity index (χ0n) is 24.7. The van der Waals surface area contributed by atoms with E-state index in [1.54, 1.807) is 0 Å². The molecule has 6 nitrogen and oxygen atoms in total. The van der Waals surface area contributed by atoms with E-state index >= 15 is 0 Å². The maximum Gasteiger partial charge on any atom is 0.408 e. The average molecular weight is 534 g/mol. The molecule has 38 heavy (non-hydrogen) atoms. The van der Waals surface area contributed by atoms with E-state index in [1.165, 1.54) is 50.5 Å². The number of allylic oxidation sites excluding steroid dienone is 1. The van der Waals surface area contributed by atoms with E-state index < -0.39 is 31.5 Å². The molecule has 4 aliphatic carbocycles. The number of alkyl carbamates (subject to hydrolysis) is 1. The van der Waals surface area contributed by atoms with Crippen molar-refractivity contribution in [1.29, 1.82) is 0 Å². The van der Waals surface area contributed by atoms with Crippen LogP contribution in [0.3, 0.4) is 0 Å². The van der Waals surface area contributed by atoms with Crippen molar-refractivity contribution < 1.29 is 24.9 Å². The second kappa shape index (κ2) is 11.8. The average Bonchev–Trinajstić information content (AvgIpc) is 3.24. The molecule has 0 heterocycles. The summed E-state index contributed by atoms with van der Waals surface area (Å²) in [6.07, 6.45) is 15.0. The highest BCUT2D eigenvalue weighted by Gasteiger charge is 2.59. The van der Waals surface area contributed by atoms with Crippen LogP contribution in [0.5, 0.6) is 0 Å². The van der Waals surface area contributed by atoms with Crippen molar-refractivity contribution in [2.75, 3.05) is 19.8 Å². The van der Waals surface area contributed by atoms with Crippen LogP contribution in [0.2, 0.25) is 0 Å². The Morgan fingerprint density at radius 2 is 1.74 bits per heavy atom. The van der Waals surface area contributed by atoms with Gasteiger partial charge < -0.3 is 25.4 Å². The Labute approximate surface area is 231 Å². The van der Waals surface area contributed by atoms with Crippen molar-refractivity contribution in [3.8, 4) is 0 Å². The second-order valence-corrected chi connectivity index (χ2v) is 14.4. The molecule has 0 radical (unpaired) electrons. The fraction of sp³-hybridized carbons (Fsp3) is 0.906. The number of nitrogens with one attached hydrogen (secondary N) is 1. The molecule has 6 heteroatoms. The second-order valence-electron chi connectivity index (χ2n) is 14.4. The third kappa shape index (κ3) is 5.56. The van der Waals surface area contributed by atoms with Crippen molar-refractivity contribution in [3.05, 3.63) is 11.6 Å². The van der Waals surface area contributed by atoms with Crippen molar-refractivity contribution >= 4 is 6.09 Å². The fourth-order valence-corrected chi connectivity index (χ4v) is 9.42. The largest absolute Gasteiger partial charge is 0.446 e. The summed E-state index contributed by atoms with van der Waals surface area (Å²) in [5, 5.41) is 31.0. The van der Waals surface area contributed by atoms with Crippen LogP contribution in [0.15, 0.2) is 11.6 Å². The van der Waals surface area contributed by atoms with Crippen molar-refractivity contribution in [2.45, 2.75) is 117 Å². The molecular formula is C32H55NO5. The van der Waals surface area contributed by atoms with E-state index in [9.17, 15) is 20.1 Å². The molecule has 0 aromatic rings. The van der Waals surface area contributed by atoms with Gasteiger partial charge >= 0.3 is 6.09 Å². The Bertz CT molecular complexity index is 845. The Kier molecular flexibility index (Phi) is 9.26. The van der Waals surface area contributed by atoms with Gasteiger partial charge in [-0.15, -0.1) is 0 Å². The minimum Gasteiger partial charge on any atom is -0.446 e. The molecule has 8 atom stereocenters. The molecule has 0 saturated heterocycles. The summed E-state index contributed by atoms with van der Waals surface area (Å²) in [6, 6.07) is 0. The third-order valence-corrected chi connectivity index (χ3v) is 11.8. The molecule has 8 unspecified atom stereocenters. The number of ether oxygens (including phenoxy) is 1. The lowest BCUT2D eigenvalue weighted by molar-refractivity contribution is -0.0588. The van der Waals surface area contributed by atoms with E-state index in [4.69, 9.17) is 4.74 Å². The van der Waals surface area contributed by atoms with Gasteiger partial charge in [0, 0.05) is 6.42 Å². The van der Waals surface area contributed by atoms with E-state index in [0.717, 1.165) is 61.2 Å². The van der Waals surface area contributed by atoms with Gasteiger partial charge in [0.25, 0.3) is 0 Å². The lowest BCUT2D eigenvalue weighted by Crippen LogP contribution is -2.57. The number of hydrogen-bond acceptors (Lipinski definition) is 5. The fourth-order valence-electron chi connectivity index (χ4n) is 9.42. The van der Waals surface area contributed by atoms with Crippen molar-refractivity contribution in [3.63, 3.8) is 0 Å². The topological polar surface area (TPSA) is 99.0 Å². The van der Waals surface area contributed by atoms with Crippen molar-refractivity contribution in [1.82, 2.24) is 5.32 Å². The van der Waals surface area contributed by atoms with Crippen molar-refractivity contribution in [2.24, 2.45) is 46.3 Å². The molecule has 3 fully saturated rings. The van der Waals surface area contributed by atoms with Gasteiger partial charge in [0.1, 0.15) is 11.6 Å². The molecule has 0 aromatic carbocycles. The summed E-state index contributed by atoms with van der Waals surface area (Å²) < 4.78 is 5.73. The number of amides is 1. The molecule has 1 amide bonds. The quantitative estimate of drug-likeness (QED) is 0.265. The highest BCUT2D eigenvalue weighted by atomic mass is 16.6. The predicted octanol–water partition coefficient (Wildman–Crippen LogP) is 5.84. The van der Waals surface area contributed by atoms with E-state index in [1.807, 2.05) is 0 Å². The summed E-state index contributed by atoms with van der Waals surface area (Å²) in [5.74, 6) is 4.82. The minimum absolute atomic E-state index is 0.187. The summed E-state index contributed by atoms with van der Waals surface area (Å²) in [6.45, 7) is 10.7. The van der Waals surface area contributed by atoms with E-state index in [2.05, 4.69) is 46.0 Å². The van der Waals surface area contributed by atoms with Crippen LogP contribution in [0.1, 0.15) is 105 Å². The van der Waals surface area contributed by atoms with E-state index in [0.29, 0.717) is 5.41 Å². The number of rotatable bonds is 10. The molecule has 218 valence electrons. The number of hydrogen-bond donors (Lipinski definition) is 4. The SMILES string of the molecule is CC(C)CCCC(C)C1CCC2C3CC=C4CC(OC(=O)NC(CO)(CO)CO)CCC4(C)C3CCC12C. The highest BCUT2D eigenvalue weighted by Crippen LogP contribution is 2.67. The molecule has 3 saturated carbocycles. The molecular weight excluding hydrogens is 478 g/mol. The number of carbonyl (C=O) groups is 1. The smallest absolute Gasteiger partial charge is 0.408 e. The Hall–Kier alpha value is -1.11. The summed E-state index contributed by atoms with van der Waals surface area (Å²) in [5.41, 5.74) is 0.668. The molecule has 0 spiro atoms. The Morgan fingerprint density at radius 1 is 1.03 bits per heavy atom. The maximum atomic E-state index is 12.5. The van der Waals surface area contributed by atoms with Crippen LogP contribution < -0.4 is 5.32 Å². The van der Waals surface area contributed by atoms with Crippen LogP contribution in [0.4, 0.5) is 4.79 Å². The van der Waals surface area contributed by atoms with Crippen LogP contribution in [0, 0.1) is 46.3 Å². The molecule has 4 N–H and O–H groups in total. The summed E-state index contributed by atoms with van der Waals surface area (Å²) >= 11 is 0. The summed E-state index contributed by atoms with van der Waals surface area (Å²) in [4.78, 5) is 12.5. The van der Waals surface area contributed by atoms with Gasteiger partial charge in [0.05, 0.1) is 19.8 Å². The molecule has 0 bridgehead atoms. The first kappa shape index (κ1) is 29.9. The molecule has 0 aromatic heterocycles. The van der Waals surface area contributed by atoms with Gasteiger partial charge in [0.2, 0.25) is 0 Å². The number of aliphatic hydroxyl groups excluding tert-OH is 3. The highest BCUT2D eigenvalue weighted by molar-refractivity contribution is 5.68. The zero-order chi connectivity index (χ0) is 27.7. The Morgan fingerprint density at radius 3 is 2.39 bits per heavy atom. The van der Waals surface area contributed by atoms with Crippen LogP contribution in [-0.2, 0) is 4.74 Å². The first-order valence-electron chi connectivity index (χ1n) is 15.5.